The van der Waals surface area contributed by atoms with E-state index in [2.05, 4.69) is 38.7 Å². The van der Waals surface area contributed by atoms with E-state index in [0.717, 1.165) is 27.0 Å². The first kappa shape index (κ1) is 21.5. The van der Waals surface area contributed by atoms with Gasteiger partial charge in [-0.2, -0.15) is 0 Å². The van der Waals surface area contributed by atoms with Crippen molar-refractivity contribution in [1.29, 1.82) is 0 Å². The zero-order chi connectivity index (χ0) is 22.9. The van der Waals surface area contributed by atoms with E-state index in [-0.39, 0.29) is 11.8 Å². The van der Waals surface area contributed by atoms with E-state index in [1.54, 1.807) is 19.1 Å². The lowest BCUT2D eigenvalue weighted by atomic mass is 10.1. The number of ether oxygens (including phenoxy) is 2. The van der Waals surface area contributed by atoms with Crippen LogP contribution in [0.1, 0.15) is 23.7 Å². The number of benzene rings is 3. The molecule has 1 unspecified atom stereocenters. The van der Waals surface area contributed by atoms with E-state index in [0.29, 0.717) is 31.0 Å². The van der Waals surface area contributed by atoms with E-state index < -0.39 is 0 Å². The zero-order valence-electron chi connectivity index (χ0n) is 18.5. The number of aromatic nitrogens is 2. The van der Waals surface area contributed by atoms with Crippen LogP contribution >= 0.6 is 15.9 Å². The topological polar surface area (TPSA) is 56.6 Å². The predicted octanol–water partition coefficient (Wildman–Crippen LogP) is 5.38. The summed E-state index contributed by atoms with van der Waals surface area (Å²) in [7, 11) is 3.23. The summed E-state index contributed by atoms with van der Waals surface area (Å²) in [5.74, 6) is 2.28. The number of para-hydroxylation sites is 2. The molecule has 0 spiro atoms. The molecule has 1 fully saturated rings. The maximum absolute atomic E-state index is 13.1. The molecule has 1 aromatic heterocycles. The molecule has 4 aromatic rings. The van der Waals surface area contributed by atoms with Gasteiger partial charge in [-0.3, -0.25) is 4.79 Å². The highest BCUT2D eigenvalue weighted by Crippen LogP contribution is 2.39. The molecule has 1 atom stereocenters. The van der Waals surface area contributed by atoms with E-state index in [9.17, 15) is 4.79 Å². The molecule has 0 aliphatic carbocycles. The van der Waals surface area contributed by atoms with Crippen LogP contribution in [0.5, 0.6) is 11.5 Å². The van der Waals surface area contributed by atoms with Crippen LogP contribution in [0.2, 0.25) is 0 Å². The summed E-state index contributed by atoms with van der Waals surface area (Å²) >= 11 is 3.51. The molecular formula is C26H24BrN3O3. The summed E-state index contributed by atoms with van der Waals surface area (Å²) in [5, 5.41) is 0. The quantitative estimate of drug-likeness (QED) is 0.352. The van der Waals surface area contributed by atoms with Gasteiger partial charge >= 0.3 is 0 Å². The Morgan fingerprint density at radius 3 is 2.58 bits per heavy atom. The maximum Gasteiger partial charge on any atom is 0.227 e. The highest BCUT2D eigenvalue weighted by molar-refractivity contribution is 9.10. The van der Waals surface area contributed by atoms with Crippen molar-refractivity contribution in [3.05, 3.63) is 82.6 Å². The van der Waals surface area contributed by atoms with Gasteiger partial charge in [0.15, 0.2) is 0 Å². The number of anilines is 1. The van der Waals surface area contributed by atoms with E-state index in [1.165, 1.54) is 5.56 Å². The fraction of sp³-hybridized carbons (Fsp3) is 0.231. The first-order valence-electron chi connectivity index (χ1n) is 10.8. The van der Waals surface area contributed by atoms with Crippen LogP contribution in [-0.4, -0.2) is 36.2 Å². The first-order valence-corrected chi connectivity index (χ1v) is 11.6. The number of amides is 1. The number of rotatable bonds is 6. The van der Waals surface area contributed by atoms with Gasteiger partial charge in [0, 0.05) is 36.0 Å². The van der Waals surface area contributed by atoms with Crippen LogP contribution in [0.4, 0.5) is 5.69 Å². The zero-order valence-corrected chi connectivity index (χ0v) is 20.1. The fourth-order valence-corrected chi connectivity index (χ4v) is 4.73. The number of nitrogens with zero attached hydrogens (tertiary/aromatic N) is 3. The van der Waals surface area contributed by atoms with Gasteiger partial charge < -0.3 is 18.9 Å². The fourth-order valence-electron chi connectivity index (χ4n) is 4.47. The van der Waals surface area contributed by atoms with Crippen LogP contribution in [-0.2, 0) is 11.3 Å². The summed E-state index contributed by atoms with van der Waals surface area (Å²) in [6.45, 7) is 1.22. The standard InChI is InChI=1S/C26H24BrN3O3/c1-32-20-11-12-24(33-2)23(14-20)29-16-18(13-25(29)31)26-28-21-5-3-4-6-22(21)30(26)15-17-7-9-19(27)10-8-17/h3-12,14,18H,13,15-16H2,1-2H3. The Balaban J connectivity index is 1.52. The van der Waals surface area contributed by atoms with Crippen molar-refractivity contribution < 1.29 is 14.3 Å². The van der Waals surface area contributed by atoms with Crippen molar-refractivity contribution in [2.75, 3.05) is 25.7 Å². The number of carbonyl (C=O) groups excluding carboxylic acids is 1. The van der Waals surface area contributed by atoms with Crippen molar-refractivity contribution in [2.45, 2.75) is 18.9 Å². The maximum atomic E-state index is 13.1. The molecule has 1 aliphatic rings. The average molecular weight is 506 g/mol. The van der Waals surface area contributed by atoms with Crippen molar-refractivity contribution in [3.8, 4) is 11.5 Å². The molecule has 6 nitrogen and oxygen atoms in total. The largest absolute Gasteiger partial charge is 0.497 e. The van der Waals surface area contributed by atoms with Gasteiger partial charge in [0.2, 0.25) is 5.91 Å². The number of halogens is 1. The Bertz CT molecular complexity index is 1320. The minimum Gasteiger partial charge on any atom is -0.497 e. The second-order valence-corrected chi connectivity index (χ2v) is 9.03. The number of hydrogen-bond donors (Lipinski definition) is 0. The number of carbonyl (C=O) groups is 1. The summed E-state index contributed by atoms with van der Waals surface area (Å²) in [6, 6.07) is 22.0. The van der Waals surface area contributed by atoms with E-state index >= 15 is 0 Å². The van der Waals surface area contributed by atoms with Crippen LogP contribution in [0, 0.1) is 0 Å². The van der Waals surface area contributed by atoms with Gasteiger partial charge in [0.1, 0.15) is 17.3 Å². The Labute approximate surface area is 200 Å². The summed E-state index contributed by atoms with van der Waals surface area (Å²) in [6.07, 6.45) is 0.393. The van der Waals surface area contributed by atoms with Crippen LogP contribution < -0.4 is 14.4 Å². The number of fused-ring (bicyclic) bond motifs is 1. The van der Waals surface area contributed by atoms with Crippen molar-refractivity contribution in [1.82, 2.24) is 9.55 Å². The van der Waals surface area contributed by atoms with Crippen molar-refractivity contribution >= 4 is 38.6 Å². The molecule has 0 radical (unpaired) electrons. The molecule has 5 rings (SSSR count). The normalized spacial score (nSPS) is 15.9. The second kappa shape index (κ2) is 8.90. The van der Waals surface area contributed by atoms with Gasteiger partial charge in [-0.1, -0.05) is 40.2 Å². The minimum absolute atomic E-state index is 0.0312. The molecule has 7 heteroatoms. The monoisotopic (exact) mass is 505 g/mol. The van der Waals surface area contributed by atoms with Crippen LogP contribution in [0.3, 0.4) is 0 Å². The molecule has 0 saturated carbocycles. The predicted molar refractivity (Wildman–Crippen MR) is 132 cm³/mol. The number of imidazole rings is 1. The SMILES string of the molecule is COc1ccc(OC)c(N2CC(c3nc4ccccc4n3Cc3ccc(Br)cc3)CC2=O)c1. The molecule has 33 heavy (non-hydrogen) atoms. The lowest BCUT2D eigenvalue weighted by Gasteiger charge is -2.20. The third-order valence-electron chi connectivity index (χ3n) is 6.11. The van der Waals surface area contributed by atoms with Crippen LogP contribution in [0.15, 0.2) is 71.2 Å². The van der Waals surface area contributed by atoms with Gasteiger partial charge in [-0.05, 0) is 42.0 Å². The lowest BCUT2D eigenvalue weighted by Crippen LogP contribution is -2.25. The minimum atomic E-state index is -0.0312. The molecule has 2 heterocycles. The van der Waals surface area contributed by atoms with E-state index in [1.807, 2.05) is 48.5 Å². The second-order valence-electron chi connectivity index (χ2n) is 8.11. The molecule has 1 aliphatic heterocycles. The molecule has 1 amide bonds. The number of methoxy groups -OCH3 is 2. The van der Waals surface area contributed by atoms with Gasteiger partial charge in [-0.25, -0.2) is 4.98 Å². The van der Waals surface area contributed by atoms with Gasteiger partial charge in [-0.15, -0.1) is 0 Å². The highest BCUT2D eigenvalue weighted by Gasteiger charge is 2.36. The Kier molecular flexibility index (Phi) is 5.81. The highest BCUT2D eigenvalue weighted by atomic mass is 79.9. The third kappa shape index (κ3) is 4.09. The molecular weight excluding hydrogens is 482 g/mol. The van der Waals surface area contributed by atoms with Crippen molar-refractivity contribution in [3.63, 3.8) is 0 Å². The Morgan fingerprint density at radius 2 is 1.82 bits per heavy atom. The lowest BCUT2D eigenvalue weighted by molar-refractivity contribution is -0.117. The number of hydrogen-bond acceptors (Lipinski definition) is 4. The average Bonchev–Trinajstić information content (AvgIpc) is 3.40. The van der Waals surface area contributed by atoms with E-state index in [4.69, 9.17) is 14.5 Å². The Morgan fingerprint density at radius 1 is 1.03 bits per heavy atom. The molecule has 0 N–H and O–H groups in total. The first-order chi connectivity index (χ1) is 16.1. The molecule has 0 bridgehead atoms. The summed E-state index contributed by atoms with van der Waals surface area (Å²) in [4.78, 5) is 19.9. The summed E-state index contributed by atoms with van der Waals surface area (Å²) < 4.78 is 14.2. The smallest absolute Gasteiger partial charge is 0.227 e. The third-order valence-corrected chi connectivity index (χ3v) is 6.63. The molecule has 1 saturated heterocycles. The van der Waals surface area contributed by atoms with Crippen molar-refractivity contribution in [2.24, 2.45) is 0 Å². The van der Waals surface area contributed by atoms with Gasteiger partial charge in [0.05, 0.1) is 30.9 Å². The molecule has 168 valence electrons. The molecule has 3 aromatic carbocycles. The Hall–Kier alpha value is -3.32. The summed E-state index contributed by atoms with van der Waals surface area (Å²) in [5.41, 5.74) is 3.91. The van der Waals surface area contributed by atoms with Gasteiger partial charge in [0.25, 0.3) is 0 Å². The van der Waals surface area contributed by atoms with Crippen LogP contribution in [0.25, 0.3) is 11.0 Å².